The second kappa shape index (κ2) is 7.88. The average Bonchev–Trinajstić information content (AvgIpc) is 3.20. The van der Waals surface area contributed by atoms with Crippen molar-refractivity contribution in [3.8, 4) is 0 Å². The number of hydrogen-bond donors (Lipinski definition) is 1. The number of fused-ring (bicyclic) bond motifs is 1. The molecule has 1 aliphatic heterocycles. The average molecular weight is 382 g/mol. The Hall–Kier alpha value is -1.38. The van der Waals surface area contributed by atoms with Gasteiger partial charge in [-0.2, -0.15) is 0 Å². The summed E-state index contributed by atoms with van der Waals surface area (Å²) in [7, 11) is 0. The fourth-order valence-electron chi connectivity index (χ4n) is 2.91. The first-order chi connectivity index (χ1) is 12.0. The first kappa shape index (κ1) is 18.4. The molecule has 0 aromatic carbocycles. The maximum atomic E-state index is 12.8. The van der Waals surface area contributed by atoms with Crippen LogP contribution in [0.5, 0.6) is 0 Å². The van der Waals surface area contributed by atoms with E-state index in [0.29, 0.717) is 23.6 Å². The summed E-state index contributed by atoms with van der Waals surface area (Å²) < 4.78 is 7.15. The van der Waals surface area contributed by atoms with Gasteiger partial charge in [0.1, 0.15) is 4.83 Å². The van der Waals surface area contributed by atoms with Crippen molar-refractivity contribution in [3.63, 3.8) is 0 Å². The van der Waals surface area contributed by atoms with Crippen LogP contribution < -0.4 is 10.9 Å². The molecule has 0 spiro atoms. The van der Waals surface area contributed by atoms with Gasteiger partial charge < -0.3 is 10.1 Å². The van der Waals surface area contributed by atoms with Crippen LogP contribution in [-0.4, -0.2) is 40.5 Å². The number of rotatable bonds is 6. The minimum atomic E-state index is -0.0592. The Morgan fingerprint density at radius 3 is 2.96 bits per heavy atom. The predicted molar refractivity (Wildman–Crippen MR) is 102 cm³/mol. The maximum Gasteiger partial charge on any atom is 0.263 e. The Labute approximate surface area is 155 Å². The molecule has 136 valence electrons. The lowest BCUT2D eigenvalue weighted by Crippen LogP contribution is -2.33. The zero-order valence-corrected chi connectivity index (χ0v) is 16.4. The summed E-state index contributed by atoms with van der Waals surface area (Å²) in [6.45, 7) is 7.75. The molecular formula is C17H23N3O3S2. The van der Waals surface area contributed by atoms with E-state index in [0.717, 1.165) is 34.7 Å². The number of aryl methyl sites for hydroxylation is 2. The molecule has 1 fully saturated rings. The molecule has 1 N–H and O–H groups in total. The zero-order valence-electron chi connectivity index (χ0n) is 14.8. The van der Waals surface area contributed by atoms with E-state index in [2.05, 4.69) is 10.3 Å². The number of nitrogens with zero attached hydrogens (tertiary/aromatic N) is 2. The molecule has 8 heteroatoms. The quantitative estimate of drug-likeness (QED) is 0.615. The molecule has 1 amide bonds. The molecule has 1 atom stereocenters. The van der Waals surface area contributed by atoms with Gasteiger partial charge >= 0.3 is 0 Å². The Morgan fingerprint density at radius 2 is 2.28 bits per heavy atom. The Balaban J connectivity index is 1.72. The Kier molecular flexibility index (Phi) is 5.81. The number of hydrogen-bond acceptors (Lipinski definition) is 6. The summed E-state index contributed by atoms with van der Waals surface area (Å²) in [5.74, 6) is 0.185. The number of amides is 1. The molecule has 1 saturated heterocycles. The highest BCUT2D eigenvalue weighted by Gasteiger charge is 2.18. The Bertz CT molecular complexity index is 838. The van der Waals surface area contributed by atoms with Crippen molar-refractivity contribution >= 4 is 39.2 Å². The molecule has 0 aliphatic carbocycles. The van der Waals surface area contributed by atoms with E-state index < -0.39 is 0 Å². The third-order valence-corrected chi connectivity index (χ3v) is 6.53. The third kappa shape index (κ3) is 3.91. The minimum Gasteiger partial charge on any atom is -0.376 e. The first-order valence-electron chi connectivity index (χ1n) is 8.53. The second-order valence-corrected chi connectivity index (χ2v) is 8.28. The van der Waals surface area contributed by atoms with Crippen LogP contribution >= 0.6 is 23.1 Å². The van der Waals surface area contributed by atoms with Crippen LogP contribution in [0.1, 0.15) is 30.2 Å². The van der Waals surface area contributed by atoms with E-state index in [1.807, 2.05) is 20.8 Å². The van der Waals surface area contributed by atoms with Crippen LogP contribution in [-0.2, 0) is 16.1 Å². The molecule has 2 aromatic heterocycles. The van der Waals surface area contributed by atoms with Gasteiger partial charge in [0, 0.05) is 24.6 Å². The van der Waals surface area contributed by atoms with Crippen LogP contribution in [0, 0.1) is 13.8 Å². The zero-order chi connectivity index (χ0) is 18.0. The molecule has 1 aliphatic rings. The highest BCUT2D eigenvalue weighted by atomic mass is 32.2. The van der Waals surface area contributed by atoms with E-state index in [-0.39, 0.29) is 23.3 Å². The molecule has 0 bridgehead atoms. The number of carbonyl (C=O) groups excluding carboxylic acids is 1. The summed E-state index contributed by atoms with van der Waals surface area (Å²) in [5, 5.41) is 4.21. The summed E-state index contributed by atoms with van der Waals surface area (Å²) in [4.78, 5) is 31.3. The SMILES string of the molecule is CCn1c(SCC(=O)NCC2CCCO2)nc2sc(C)c(C)c2c1=O. The highest BCUT2D eigenvalue weighted by Crippen LogP contribution is 2.28. The molecule has 3 rings (SSSR count). The standard InChI is InChI=1S/C17H23N3O3S2/c1-4-20-16(22)14-10(2)11(3)25-15(14)19-17(20)24-9-13(21)18-8-12-6-5-7-23-12/h12H,4-9H2,1-3H3,(H,18,21). The number of nitrogens with one attached hydrogen (secondary N) is 1. The van der Waals surface area contributed by atoms with Crippen LogP contribution in [0.4, 0.5) is 0 Å². The van der Waals surface area contributed by atoms with Gasteiger partial charge in [-0.25, -0.2) is 4.98 Å². The Morgan fingerprint density at radius 1 is 1.48 bits per heavy atom. The van der Waals surface area contributed by atoms with Gasteiger partial charge in [0.15, 0.2) is 5.16 Å². The second-order valence-electron chi connectivity index (χ2n) is 6.13. The first-order valence-corrected chi connectivity index (χ1v) is 10.3. The maximum absolute atomic E-state index is 12.8. The van der Waals surface area contributed by atoms with E-state index >= 15 is 0 Å². The van der Waals surface area contributed by atoms with Gasteiger partial charge in [-0.05, 0) is 39.2 Å². The third-order valence-electron chi connectivity index (χ3n) is 4.45. The van der Waals surface area contributed by atoms with Crippen molar-refractivity contribution < 1.29 is 9.53 Å². The van der Waals surface area contributed by atoms with Crippen LogP contribution in [0.3, 0.4) is 0 Å². The van der Waals surface area contributed by atoms with E-state index in [1.165, 1.54) is 23.1 Å². The molecule has 0 saturated carbocycles. The molecule has 3 heterocycles. The lowest BCUT2D eigenvalue weighted by Gasteiger charge is -2.12. The van der Waals surface area contributed by atoms with E-state index in [9.17, 15) is 9.59 Å². The number of thiophene rings is 1. The molecule has 25 heavy (non-hydrogen) atoms. The number of thioether (sulfide) groups is 1. The molecule has 2 aromatic rings. The van der Waals surface area contributed by atoms with Crippen molar-refractivity contribution in [2.24, 2.45) is 0 Å². The smallest absolute Gasteiger partial charge is 0.263 e. The van der Waals surface area contributed by atoms with Gasteiger partial charge in [0.2, 0.25) is 5.91 Å². The van der Waals surface area contributed by atoms with Crippen molar-refractivity contribution in [1.29, 1.82) is 0 Å². The van der Waals surface area contributed by atoms with Crippen molar-refractivity contribution in [2.75, 3.05) is 18.9 Å². The molecule has 6 nitrogen and oxygen atoms in total. The fraction of sp³-hybridized carbons (Fsp3) is 0.588. The van der Waals surface area contributed by atoms with Crippen molar-refractivity contribution in [1.82, 2.24) is 14.9 Å². The predicted octanol–water partition coefficient (Wildman–Crippen LogP) is 2.48. The summed E-state index contributed by atoms with van der Waals surface area (Å²) in [6.07, 6.45) is 2.19. The van der Waals surface area contributed by atoms with E-state index in [4.69, 9.17) is 4.74 Å². The summed E-state index contributed by atoms with van der Waals surface area (Å²) >= 11 is 2.84. The van der Waals surface area contributed by atoms with Gasteiger partial charge in [0.05, 0.1) is 17.2 Å². The lowest BCUT2D eigenvalue weighted by atomic mass is 10.2. The largest absolute Gasteiger partial charge is 0.376 e. The summed E-state index contributed by atoms with van der Waals surface area (Å²) in [5.41, 5.74) is 0.988. The fourth-order valence-corrected chi connectivity index (χ4v) is 4.88. The van der Waals surface area contributed by atoms with Crippen LogP contribution in [0.25, 0.3) is 10.2 Å². The number of carbonyl (C=O) groups is 1. The summed E-state index contributed by atoms with van der Waals surface area (Å²) in [6, 6.07) is 0. The number of ether oxygens (including phenoxy) is 1. The van der Waals surface area contributed by atoms with E-state index in [1.54, 1.807) is 4.57 Å². The van der Waals surface area contributed by atoms with Crippen LogP contribution in [0.2, 0.25) is 0 Å². The topological polar surface area (TPSA) is 73.2 Å². The van der Waals surface area contributed by atoms with Crippen molar-refractivity contribution in [2.45, 2.75) is 51.4 Å². The van der Waals surface area contributed by atoms with Crippen LogP contribution in [0.15, 0.2) is 9.95 Å². The van der Waals surface area contributed by atoms with Gasteiger partial charge in [-0.15, -0.1) is 11.3 Å². The monoisotopic (exact) mass is 381 g/mol. The molecule has 1 unspecified atom stereocenters. The van der Waals surface area contributed by atoms with Gasteiger partial charge in [-0.3, -0.25) is 14.2 Å². The molecule has 0 radical (unpaired) electrons. The minimum absolute atomic E-state index is 0.0170. The van der Waals surface area contributed by atoms with Crippen molar-refractivity contribution in [3.05, 3.63) is 20.8 Å². The highest BCUT2D eigenvalue weighted by molar-refractivity contribution is 7.99. The lowest BCUT2D eigenvalue weighted by molar-refractivity contribution is -0.119. The molecular weight excluding hydrogens is 358 g/mol. The normalized spacial score (nSPS) is 17.3. The number of aromatic nitrogens is 2. The van der Waals surface area contributed by atoms with Gasteiger partial charge in [0.25, 0.3) is 5.56 Å². The van der Waals surface area contributed by atoms with Gasteiger partial charge in [-0.1, -0.05) is 11.8 Å².